The minimum absolute atomic E-state index is 0.0676. The SMILES string of the molecule is O=C(Nc1ccc(CCN=CNc2cccs2)cc1)c1cccs1. The average molecular weight is 355 g/mol. The molecule has 0 bridgehead atoms. The Balaban J connectivity index is 1.44. The van der Waals surface area contributed by atoms with Gasteiger partial charge in [0.05, 0.1) is 16.2 Å². The molecule has 4 nitrogen and oxygen atoms in total. The van der Waals surface area contributed by atoms with Crippen molar-refractivity contribution in [3.63, 3.8) is 0 Å². The third-order valence-electron chi connectivity index (χ3n) is 3.31. The summed E-state index contributed by atoms with van der Waals surface area (Å²) in [5.74, 6) is -0.0676. The first kappa shape index (κ1) is 16.4. The molecule has 2 heterocycles. The summed E-state index contributed by atoms with van der Waals surface area (Å²) in [6, 6.07) is 15.6. The van der Waals surface area contributed by atoms with Crippen molar-refractivity contribution in [1.29, 1.82) is 0 Å². The Bertz CT molecular complexity index is 778. The van der Waals surface area contributed by atoms with Gasteiger partial charge in [-0.25, -0.2) is 0 Å². The Morgan fingerprint density at radius 2 is 1.83 bits per heavy atom. The number of aliphatic imine (C=N–C) groups is 1. The number of hydrogen-bond donors (Lipinski definition) is 2. The summed E-state index contributed by atoms with van der Waals surface area (Å²) in [7, 11) is 0. The standard InChI is InChI=1S/C18H17N3OS2/c22-18(16-3-1-11-23-16)21-15-7-5-14(6-8-15)9-10-19-13-20-17-4-2-12-24-17/h1-8,11-13H,9-10H2,(H,19,20)(H,21,22). The quantitative estimate of drug-likeness (QED) is 0.475. The molecular formula is C18H17N3OS2. The number of rotatable bonds is 7. The van der Waals surface area contributed by atoms with Gasteiger partial charge in [0.15, 0.2) is 0 Å². The number of thiophene rings is 2. The van der Waals surface area contributed by atoms with Crippen LogP contribution in [0, 0.1) is 0 Å². The maximum absolute atomic E-state index is 12.0. The van der Waals surface area contributed by atoms with E-state index >= 15 is 0 Å². The maximum Gasteiger partial charge on any atom is 0.265 e. The number of carbonyl (C=O) groups excluding carboxylic acids is 1. The van der Waals surface area contributed by atoms with Crippen LogP contribution in [0.3, 0.4) is 0 Å². The van der Waals surface area contributed by atoms with E-state index in [0.29, 0.717) is 4.88 Å². The molecule has 0 fully saturated rings. The highest BCUT2D eigenvalue weighted by molar-refractivity contribution is 7.14. The number of hydrogen-bond acceptors (Lipinski definition) is 4. The number of anilines is 2. The van der Waals surface area contributed by atoms with Crippen LogP contribution in [0.1, 0.15) is 15.2 Å². The van der Waals surface area contributed by atoms with Gasteiger partial charge in [0, 0.05) is 12.2 Å². The lowest BCUT2D eigenvalue weighted by Gasteiger charge is -2.05. The molecule has 1 aromatic carbocycles. The Morgan fingerprint density at radius 1 is 1.04 bits per heavy atom. The lowest BCUT2D eigenvalue weighted by molar-refractivity contribution is 0.103. The molecule has 0 aliphatic rings. The van der Waals surface area contributed by atoms with E-state index < -0.39 is 0 Å². The zero-order valence-electron chi connectivity index (χ0n) is 12.9. The monoisotopic (exact) mass is 355 g/mol. The summed E-state index contributed by atoms with van der Waals surface area (Å²) in [5.41, 5.74) is 2.00. The minimum atomic E-state index is -0.0676. The van der Waals surface area contributed by atoms with Gasteiger partial charge >= 0.3 is 0 Å². The van der Waals surface area contributed by atoms with Gasteiger partial charge in [-0.05, 0) is 53.1 Å². The van der Waals surface area contributed by atoms with E-state index in [0.717, 1.165) is 23.7 Å². The van der Waals surface area contributed by atoms with Crippen LogP contribution < -0.4 is 10.6 Å². The number of amides is 1. The highest BCUT2D eigenvalue weighted by Crippen LogP contribution is 2.15. The van der Waals surface area contributed by atoms with Crippen molar-refractivity contribution in [3.05, 3.63) is 69.7 Å². The van der Waals surface area contributed by atoms with Crippen LogP contribution in [0.5, 0.6) is 0 Å². The van der Waals surface area contributed by atoms with E-state index in [4.69, 9.17) is 0 Å². The van der Waals surface area contributed by atoms with E-state index in [1.54, 1.807) is 17.7 Å². The molecule has 0 aliphatic heterocycles. The largest absolute Gasteiger partial charge is 0.338 e. The first-order valence-corrected chi connectivity index (χ1v) is 9.29. The zero-order chi connectivity index (χ0) is 16.6. The molecule has 0 aliphatic carbocycles. The molecule has 0 atom stereocenters. The molecule has 2 aromatic heterocycles. The molecule has 122 valence electrons. The first-order valence-electron chi connectivity index (χ1n) is 7.53. The maximum atomic E-state index is 12.0. The second-order valence-electron chi connectivity index (χ2n) is 5.04. The van der Waals surface area contributed by atoms with Gasteiger partial charge in [-0.15, -0.1) is 22.7 Å². The molecule has 0 saturated carbocycles. The molecule has 3 rings (SSSR count). The number of carbonyl (C=O) groups is 1. The van der Waals surface area contributed by atoms with Gasteiger partial charge in [0.1, 0.15) is 0 Å². The summed E-state index contributed by atoms with van der Waals surface area (Å²) < 4.78 is 0. The summed E-state index contributed by atoms with van der Waals surface area (Å²) >= 11 is 3.08. The predicted octanol–water partition coefficient (Wildman–Crippen LogP) is 4.74. The number of nitrogens with one attached hydrogen (secondary N) is 2. The zero-order valence-corrected chi connectivity index (χ0v) is 14.6. The third kappa shape index (κ3) is 4.78. The fourth-order valence-corrected chi connectivity index (χ4v) is 3.28. The second kappa shape index (κ2) is 8.42. The Kier molecular flexibility index (Phi) is 5.76. The van der Waals surface area contributed by atoms with Crippen LogP contribution in [-0.4, -0.2) is 18.8 Å². The van der Waals surface area contributed by atoms with Crippen LogP contribution in [0.4, 0.5) is 10.7 Å². The summed E-state index contributed by atoms with van der Waals surface area (Å²) in [6.07, 6.45) is 2.60. The first-order chi connectivity index (χ1) is 11.8. The van der Waals surface area contributed by atoms with Gasteiger partial charge < -0.3 is 10.6 Å². The van der Waals surface area contributed by atoms with Crippen LogP contribution in [0.2, 0.25) is 0 Å². The highest BCUT2D eigenvalue weighted by atomic mass is 32.1. The van der Waals surface area contributed by atoms with Crippen LogP contribution in [-0.2, 0) is 6.42 Å². The van der Waals surface area contributed by atoms with Gasteiger partial charge in [0.2, 0.25) is 0 Å². The summed E-state index contributed by atoms with van der Waals surface area (Å²) in [5, 5.41) is 11.0. The smallest absolute Gasteiger partial charge is 0.265 e. The Labute approximate surface area is 148 Å². The molecule has 0 spiro atoms. The van der Waals surface area contributed by atoms with Crippen molar-refractivity contribution in [2.75, 3.05) is 17.2 Å². The van der Waals surface area contributed by atoms with Crippen molar-refractivity contribution in [1.82, 2.24) is 0 Å². The van der Waals surface area contributed by atoms with E-state index in [2.05, 4.69) is 15.6 Å². The molecule has 24 heavy (non-hydrogen) atoms. The van der Waals surface area contributed by atoms with E-state index in [1.807, 2.05) is 59.3 Å². The van der Waals surface area contributed by atoms with Gasteiger partial charge in [-0.1, -0.05) is 18.2 Å². The normalized spacial score (nSPS) is 10.8. The predicted molar refractivity (Wildman–Crippen MR) is 104 cm³/mol. The van der Waals surface area contributed by atoms with Crippen LogP contribution in [0.15, 0.2) is 64.3 Å². The van der Waals surface area contributed by atoms with Crippen LogP contribution >= 0.6 is 22.7 Å². The van der Waals surface area contributed by atoms with Crippen molar-refractivity contribution in [3.8, 4) is 0 Å². The van der Waals surface area contributed by atoms with Crippen LogP contribution in [0.25, 0.3) is 0 Å². The lowest BCUT2D eigenvalue weighted by atomic mass is 10.1. The molecule has 0 saturated heterocycles. The highest BCUT2D eigenvalue weighted by Gasteiger charge is 2.06. The molecule has 2 N–H and O–H groups in total. The molecule has 0 radical (unpaired) electrons. The topological polar surface area (TPSA) is 53.5 Å². The van der Waals surface area contributed by atoms with E-state index in [-0.39, 0.29) is 5.91 Å². The lowest BCUT2D eigenvalue weighted by Crippen LogP contribution is -2.09. The molecule has 0 unspecified atom stereocenters. The number of nitrogens with zero attached hydrogens (tertiary/aromatic N) is 1. The van der Waals surface area contributed by atoms with E-state index in [1.165, 1.54) is 16.9 Å². The Hall–Kier alpha value is -2.44. The van der Waals surface area contributed by atoms with Crippen molar-refractivity contribution < 1.29 is 4.79 Å². The Morgan fingerprint density at radius 3 is 2.54 bits per heavy atom. The van der Waals surface area contributed by atoms with Crippen molar-refractivity contribution >= 4 is 45.6 Å². The molecular weight excluding hydrogens is 338 g/mol. The number of benzene rings is 1. The molecule has 1 amide bonds. The molecule has 3 aromatic rings. The van der Waals surface area contributed by atoms with Crippen molar-refractivity contribution in [2.45, 2.75) is 6.42 Å². The van der Waals surface area contributed by atoms with Gasteiger partial charge in [-0.2, -0.15) is 0 Å². The summed E-state index contributed by atoms with van der Waals surface area (Å²) in [6.45, 7) is 0.722. The minimum Gasteiger partial charge on any atom is -0.338 e. The van der Waals surface area contributed by atoms with Gasteiger partial charge in [-0.3, -0.25) is 9.79 Å². The van der Waals surface area contributed by atoms with Gasteiger partial charge in [0.25, 0.3) is 5.91 Å². The fraction of sp³-hybridized carbons (Fsp3) is 0.111. The average Bonchev–Trinajstić information content (AvgIpc) is 3.30. The fourth-order valence-electron chi connectivity index (χ4n) is 2.08. The summed E-state index contributed by atoms with van der Waals surface area (Å²) in [4.78, 5) is 17.0. The van der Waals surface area contributed by atoms with Crippen molar-refractivity contribution in [2.24, 2.45) is 4.99 Å². The third-order valence-corrected chi connectivity index (χ3v) is 4.98. The van der Waals surface area contributed by atoms with E-state index in [9.17, 15) is 4.79 Å². The second-order valence-corrected chi connectivity index (χ2v) is 6.93. The molecule has 6 heteroatoms.